The Labute approximate surface area is 105 Å². The largest absolute Gasteiger partial charge is 0.573 e. The van der Waals surface area contributed by atoms with Crippen LogP contribution in [0.5, 0.6) is 11.5 Å². The molecule has 1 aromatic heterocycles. The lowest BCUT2D eigenvalue weighted by molar-refractivity contribution is -0.275. The van der Waals surface area contributed by atoms with E-state index in [0.29, 0.717) is 6.07 Å². The maximum Gasteiger partial charge on any atom is 0.573 e. The van der Waals surface area contributed by atoms with E-state index in [9.17, 15) is 23.1 Å². The van der Waals surface area contributed by atoms with Gasteiger partial charge >= 0.3 is 12.3 Å². The molecule has 0 unspecified atom stereocenters. The fourth-order valence-corrected chi connectivity index (χ4v) is 1.22. The monoisotopic (exact) mass is 280 g/mol. The molecule has 9 heteroatoms. The topological polar surface area (TPSA) is 94.7 Å². The summed E-state index contributed by atoms with van der Waals surface area (Å²) in [6.07, 6.45) is -5.02. The summed E-state index contributed by atoms with van der Waals surface area (Å²) in [6, 6.07) is 0.639. The quantitative estimate of drug-likeness (QED) is 0.808. The number of carbonyl (C=O) groups is 1. The summed E-state index contributed by atoms with van der Waals surface area (Å²) in [5.74, 6) is -2.76. The predicted octanol–water partition coefficient (Wildman–Crippen LogP) is 1.32. The molecule has 0 atom stereocenters. The molecule has 0 aliphatic carbocycles. The van der Waals surface area contributed by atoms with Crippen LogP contribution in [0.4, 0.5) is 13.2 Å². The number of nitrogens with zero attached hydrogens (tertiary/aromatic N) is 1. The van der Waals surface area contributed by atoms with Crippen molar-refractivity contribution in [2.75, 3.05) is 6.61 Å². The maximum absolute atomic E-state index is 12.1. The van der Waals surface area contributed by atoms with Gasteiger partial charge in [0.25, 0.3) is 0 Å². The first kappa shape index (κ1) is 15.0. The molecule has 1 aromatic rings. The number of aromatic hydroxyl groups is 1. The molecular weight excluding hydrogens is 269 g/mol. The minimum Gasteiger partial charge on any atom is -0.503 e. The van der Waals surface area contributed by atoms with Gasteiger partial charge in [0, 0.05) is 12.6 Å². The zero-order valence-electron chi connectivity index (χ0n) is 9.82. The van der Waals surface area contributed by atoms with E-state index >= 15 is 0 Å². The average Bonchev–Trinajstić information content (AvgIpc) is 2.30. The minimum absolute atomic E-state index is 0.0226. The highest BCUT2D eigenvalue weighted by Crippen LogP contribution is 2.34. The number of pyridine rings is 1. The highest BCUT2D eigenvalue weighted by atomic mass is 19.4. The molecule has 3 N–H and O–H groups in total. The number of alkyl halides is 3. The number of rotatable bonds is 4. The van der Waals surface area contributed by atoms with Crippen LogP contribution in [0.2, 0.25) is 0 Å². The highest BCUT2D eigenvalue weighted by Gasteiger charge is 2.33. The summed E-state index contributed by atoms with van der Waals surface area (Å²) in [6.45, 7) is 1.18. The molecule has 6 nitrogen and oxygen atoms in total. The van der Waals surface area contributed by atoms with Crippen molar-refractivity contribution in [2.24, 2.45) is 5.73 Å². The van der Waals surface area contributed by atoms with E-state index in [1.54, 1.807) is 0 Å². The molecule has 0 saturated carbocycles. The second-order valence-electron chi connectivity index (χ2n) is 3.27. The Morgan fingerprint density at radius 3 is 2.63 bits per heavy atom. The Balaban J connectivity index is 3.22. The van der Waals surface area contributed by atoms with Gasteiger partial charge < -0.3 is 20.3 Å². The van der Waals surface area contributed by atoms with Crippen LogP contribution in [-0.4, -0.2) is 29.0 Å². The number of aromatic nitrogens is 1. The van der Waals surface area contributed by atoms with E-state index in [0.717, 1.165) is 0 Å². The second kappa shape index (κ2) is 5.74. The van der Waals surface area contributed by atoms with Crippen LogP contribution in [0, 0.1) is 0 Å². The predicted molar refractivity (Wildman–Crippen MR) is 56.4 cm³/mol. The van der Waals surface area contributed by atoms with Crippen molar-refractivity contribution < 1.29 is 32.5 Å². The SMILES string of the molecule is CCOC(=O)c1cc(OC(F)(F)F)c(O)c(CN)n1. The van der Waals surface area contributed by atoms with Crippen LogP contribution in [0.1, 0.15) is 23.1 Å². The first-order valence-corrected chi connectivity index (χ1v) is 5.14. The summed E-state index contributed by atoms with van der Waals surface area (Å²) in [7, 11) is 0. The lowest BCUT2D eigenvalue weighted by atomic mass is 10.2. The number of hydrogen-bond acceptors (Lipinski definition) is 6. The van der Waals surface area contributed by atoms with Crippen LogP contribution in [0.15, 0.2) is 6.07 Å². The summed E-state index contributed by atoms with van der Waals surface area (Å²) < 4.78 is 44.6. The van der Waals surface area contributed by atoms with Gasteiger partial charge in [0.15, 0.2) is 17.2 Å². The van der Waals surface area contributed by atoms with Crippen molar-refractivity contribution >= 4 is 5.97 Å². The Morgan fingerprint density at radius 2 is 2.16 bits per heavy atom. The minimum atomic E-state index is -5.02. The third kappa shape index (κ3) is 3.98. The molecule has 0 saturated heterocycles. The smallest absolute Gasteiger partial charge is 0.503 e. The van der Waals surface area contributed by atoms with E-state index in [4.69, 9.17) is 5.73 Å². The van der Waals surface area contributed by atoms with Crippen LogP contribution >= 0.6 is 0 Å². The molecule has 19 heavy (non-hydrogen) atoms. The molecule has 0 fully saturated rings. The van der Waals surface area contributed by atoms with Crippen molar-refractivity contribution in [3.05, 3.63) is 17.5 Å². The molecule has 0 radical (unpaired) electrons. The molecule has 0 bridgehead atoms. The molecule has 1 rings (SSSR count). The molecule has 0 amide bonds. The number of ether oxygens (including phenoxy) is 2. The molecule has 0 aliphatic heterocycles. The van der Waals surface area contributed by atoms with E-state index in [1.807, 2.05) is 0 Å². The van der Waals surface area contributed by atoms with Crippen molar-refractivity contribution in [1.82, 2.24) is 4.98 Å². The third-order valence-corrected chi connectivity index (χ3v) is 1.93. The lowest BCUT2D eigenvalue weighted by Crippen LogP contribution is -2.19. The number of esters is 1. The van der Waals surface area contributed by atoms with Gasteiger partial charge in [0.1, 0.15) is 5.69 Å². The van der Waals surface area contributed by atoms with E-state index in [1.165, 1.54) is 6.92 Å². The molecule has 0 spiro atoms. The summed E-state index contributed by atoms with van der Waals surface area (Å²) in [4.78, 5) is 15.0. The Morgan fingerprint density at radius 1 is 1.53 bits per heavy atom. The van der Waals surface area contributed by atoms with Gasteiger partial charge in [-0.3, -0.25) is 0 Å². The Kier molecular flexibility index (Phi) is 4.54. The van der Waals surface area contributed by atoms with Crippen molar-refractivity contribution in [3.8, 4) is 11.5 Å². The van der Waals surface area contributed by atoms with Gasteiger partial charge in [-0.15, -0.1) is 13.2 Å². The number of hydrogen-bond donors (Lipinski definition) is 2. The van der Waals surface area contributed by atoms with Gasteiger partial charge in [0.2, 0.25) is 0 Å². The van der Waals surface area contributed by atoms with Crippen LogP contribution in [0.3, 0.4) is 0 Å². The average molecular weight is 280 g/mol. The molecule has 1 heterocycles. The zero-order valence-corrected chi connectivity index (χ0v) is 9.82. The molecule has 0 aromatic carbocycles. The highest BCUT2D eigenvalue weighted by molar-refractivity contribution is 5.88. The number of halogens is 3. The van der Waals surface area contributed by atoms with Gasteiger partial charge in [0.05, 0.1) is 6.61 Å². The van der Waals surface area contributed by atoms with Gasteiger partial charge in [-0.1, -0.05) is 0 Å². The lowest BCUT2D eigenvalue weighted by Gasteiger charge is -2.13. The third-order valence-electron chi connectivity index (χ3n) is 1.93. The summed E-state index contributed by atoms with van der Waals surface area (Å²) in [5.41, 5.74) is 4.48. The number of carbonyl (C=O) groups excluding carboxylic acids is 1. The maximum atomic E-state index is 12.1. The van der Waals surface area contributed by atoms with Crippen molar-refractivity contribution in [1.29, 1.82) is 0 Å². The van der Waals surface area contributed by atoms with Gasteiger partial charge in [-0.05, 0) is 6.92 Å². The van der Waals surface area contributed by atoms with E-state index < -0.39 is 29.5 Å². The second-order valence-corrected chi connectivity index (χ2v) is 3.27. The Bertz CT molecular complexity index is 477. The van der Waals surface area contributed by atoms with Gasteiger partial charge in [-0.25, -0.2) is 9.78 Å². The van der Waals surface area contributed by atoms with Crippen molar-refractivity contribution in [2.45, 2.75) is 19.8 Å². The normalized spacial score (nSPS) is 11.2. The molecule has 106 valence electrons. The van der Waals surface area contributed by atoms with E-state index in [2.05, 4.69) is 14.5 Å². The first-order valence-electron chi connectivity index (χ1n) is 5.14. The standard InChI is InChI=1S/C10H11F3N2O4/c1-2-18-9(17)5-3-7(19-10(11,12)13)8(16)6(4-14)15-5/h3,16H,2,4,14H2,1H3. The van der Waals surface area contributed by atoms with Crippen molar-refractivity contribution in [3.63, 3.8) is 0 Å². The molecular formula is C10H11F3N2O4. The van der Waals surface area contributed by atoms with Crippen LogP contribution in [-0.2, 0) is 11.3 Å². The number of nitrogens with two attached hydrogens (primary N) is 1. The molecule has 0 aliphatic rings. The first-order chi connectivity index (χ1) is 8.78. The van der Waals surface area contributed by atoms with Crippen LogP contribution < -0.4 is 10.5 Å². The summed E-state index contributed by atoms with van der Waals surface area (Å²) in [5, 5.41) is 9.47. The van der Waals surface area contributed by atoms with E-state index in [-0.39, 0.29) is 18.8 Å². The fraction of sp³-hybridized carbons (Fsp3) is 0.400. The summed E-state index contributed by atoms with van der Waals surface area (Å²) >= 11 is 0. The zero-order chi connectivity index (χ0) is 14.6. The Hall–Kier alpha value is -2.03. The van der Waals surface area contributed by atoms with Crippen LogP contribution in [0.25, 0.3) is 0 Å². The fourth-order valence-electron chi connectivity index (χ4n) is 1.22. The van der Waals surface area contributed by atoms with Gasteiger partial charge in [-0.2, -0.15) is 0 Å².